The van der Waals surface area contributed by atoms with Crippen molar-refractivity contribution in [2.45, 2.75) is 44.2 Å². The number of sulfone groups is 1. The van der Waals surface area contributed by atoms with Crippen molar-refractivity contribution in [1.82, 2.24) is 4.90 Å². The molecule has 1 saturated heterocycles. The zero-order valence-corrected chi connectivity index (χ0v) is 16.3. The van der Waals surface area contributed by atoms with Gasteiger partial charge in [0.2, 0.25) is 5.76 Å². The number of benzene rings is 1. The Hall–Kier alpha value is -2.35. The number of esters is 1. The smallest absolute Gasteiger partial charge is 0.374 e. The van der Waals surface area contributed by atoms with Gasteiger partial charge in [-0.1, -0.05) is 31.0 Å². The van der Waals surface area contributed by atoms with Gasteiger partial charge in [-0.2, -0.15) is 0 Å². The molecule has 1 atom stereocenters. The summed E-state index contributed by atoms with van der Waals surface area (Å²) in [7, 11) is -3.11. The number of para-hydroxylation sites is 1. The number of furan rings is 1. The van der Waals surface area contributed by atoms with Crippen molar-refractivity contribution in [1.29, 1.82) is 0 Å². The second kappa shape index (κ2) is 7.58. The van der Waals surface area contributed by atoms with E-state index in [1.54, 1.807) is 23.1 Å². The van der Waals surface area contributed by atoms with E-state index < -0.39 is 22.4 Å². The normalized spacial score (nSPS) is 21.8. The Morgan fingerprint density at radius 2 is 1.86 bits per heavy atom. The second-order valence-electron chi connectivity index (χ2n) is 7.52. The van der Waals surface area contributed by atoms with Crippen LogP contribution in [0.15, 0.2) is 34.7 Å². The predicted octanol–water partition coefficient (Wildman–Crippen LogP) is 2.55. The lowest BCUT2D eigenvalue weighted by atomic mass is 10.1. The van der Waals surface area contributed by atoms with Gasteiger partial charge in [-0.25, -0.2) is 13.2 Å². The fourth-order valence-corrected chi connectivity index (χ4v) is 5.95. The van der Waals surface area contributed by atoms with Crippen LogP contribution in [0.5, 0.6) is 0 Å². The van der Waals surface area contributed by atoms with Crippen molar-refractivity contribution in [2.24, 2.45) is 0 Å². The van der Waals surface area contributed by atoms with Gasteiger partial charge in [-0.05, 0) is 31.4 Å². The lowest BCUT2D eigenvalue weighted by Gasteiger charge is -2.33. The molecule has 2 aromatic rings. The summed E-state index contributed by atoms with van der Waals surface area (Å²) < 4.78 is 34.4. The van der Waals surface area contributed by atoms with E-state index in [0.29, 0.717) is 12.0 Å². The summed E-state index contributed by atoms with van der Waals surface area (Å²) in [6.07, 6.45) is 4.21. The third kappa shape index (κ3) is 3.92. The first kappa shape index (κ1) is 19.0. The van der Waals surface area contributed by atoms with Crippen molar-refractivity contribution in [3.8, 4) is 0 Å². The fourth-order valence-electron chi connectivity index (χ4n) is 4.24. The van der Waals surface area contributed by atoms with Crippen LogP contribution in [0, 0.1) is 0 Å². The fraction of sp³-hybridized carbons (Fsp3) is 0.500. The number of amides is 1. The molecule has 2 fully saturated rings. The molecule has 2 aliphatic rings. The first-order chi connectivity index (χ1) is 13.4. The molecule has 8 heteroatoms. The number of ether oxygens (including phenoxy) is 1. The van der Waals surface area contributed by atoms with Crippen LogP contribution in [0.1, 0.15) is 42.7 Å². The van der Waals surface area contributed by atoms with Crippen LogP contribution >= 0.6 is 0 Å². The van der Waals surface area contributed by atoms with Crippen molar-refractivity contribution >= 4 is 32.7 Å². The second-order valence-corrected chi connectivity index (χ2v) is 9.75. The predicted molar refractivity (Wildman–Crippen MR) is 103 cm³/mol. The lowest BCUT2D eigenvalue weighted by molar-refractivity contribution is -0.139. The van der Waals surface area contributed by atoms with Crippen LogP contribution in [-0.4, -0.2) is 55.4 Å². The SMILES string of the molecule is O=C(OCC(=O)N(C1CCCC1)[C@H]1CCS(=O)(=O)C1)c1cc2ccccc2o1. The third-order valence-corrected chi connectivity index (χ3v) is 7.31. The molecule has 1 aliphatic heterocycles. The number of carbonyl (C=O) groups excluding carboxylic acids is 2. The first-order valence-electron chi connectivity index (χ1n) is 9.60. The molecule has 0 unspecified atom stereocenters. The van der Waals surface area contributed by atoms with E-state index in [0.717, 1.165) is 31.1 Å². The molecule has 150 valence electrons. The van der Waals surface area contributed by atoms with Gasteiger partial charge in [0.25, 0.3) is 5.91 Å². The molecule has 4 rings (SSSR count). The Kier molecular flexibility index (Phi) is 5.14. The van der Waals surface area contributed by atoms with Gasteiger partial charge in [0.1, 0.15) is 5.58 Å². The average molecular weight is 405 g/mol. The summed E-state index contributed by atoms with van der Waals surface area (Å²) in [5.41, 5.74) is 0.574. The first-order valence-corrected chi connectivity index (χ1v) is 11.4. The molecule has 1 saturated carbocycles. The monoisotopic (exact) mass is 405 g/mol. The van der Waals surface area contributed by atoms with Gasteiger partial charge < -0.3 is 14.1 Å². The summed E-state index contributed by atoms with van der Waals surface area (Å²) >= 11 is 0. The highest BCUT2D eigenvalue weighted by molar-refractivity contribution is 7.91. The number of fused-ring (bicyclic) bond motifs is 1. The van der Waals surface area contributed by atoms with E-state index in [1.807, 2.05) is 12.1 Å². The Balaban J connectivity index is 1.44. The van der Waals surface area contributed by atoms with Crippen molar-refractivity contribution in [3.05, 3.63) is 36.1 Å². The molecule has 1 aromatic carbocycles. The number of hydrogen-bond donors (Lipinski definition) is 0. The summed E-state index contributed by atoms with van der Waals surface area (Å²) in [6, 6.07) is 8.50. The molecular formula is C20H23NO6S. The number of rotatable bonds is 5. The highest BCUT2D eigenvalue weighted by Gasteiger charge is 2.39. The standard InChI is InChI=1S/C20H23NO6S/c22-19(12-26-20(23)18-11-14-5-1-4-8-17(14)27-18)21(15-6-2-3-7-15)16-9-10-28(24,25)13-16/h1,4-5,8,11,15-16H,2-3,6-7,9-10,12-13H2/t16-/m0/s1. The highest BCUT2D eigenvalue weighted by Crippen LogP contribution is 2.29. The third-order valence-electron chi connectivity index (χ3n) is 5.56. The molecule has 0 bridgehead atoms. The zero-order valence-electron chi connectivity index (χ0n) is 15.5. The number of hydrogen-bond acceptors (Lipinski definition) is 6. The Labute approximate surface area is 163 Å². The average Bonchev–Trinajstić information content (AvgIpc) is 3.39. The minimum atomic E-state index is -3.11. The van der Waals surface area contributed by atoms with Crippen LogP contribution in [0.3, 0.4) is 0 Å². The molecule has 28 heavy (non-hydrogen) atoms. The van der Waals surface area contributed by atoms with Crippen LogP contribution in [0.25, 0.3) is 11.0 Å². The van der Waals surface area contributed by atoms with Gasteiger partial charge >= 0.3 is 5.97 Å². The Morgan fingerprint density at radius 1 is 1.11 bits per heavy atom. The topological polar surface area (TPSA) is 93.9 Å². The van der Waals surface area contributed by atoms with Crippen molar-refractivity contribution < 1.29 is 27.2 Å². The maximum atomic E-state index is 12.9. The number of carbonyl (C=O) groups is 2. The summed E-state index contributed by atoms with van der Waals surface area (Å²) in [6.45, 7) is -0.414. The van der Waals surface area contributed by atoms with Crippen LogP contribution < -0.4 is 0 Å². The summed E-state index contributed by atoms with van der Waals surface area (Å²) in [5.74, 6) is -0.891. The van der Waals surface area contributed by atoms with E-state index >= 15 is 0 Å². The van der Waals surface area contributed by atoms with Gasteiger partial charge in [0.15, 0.2) is 16.4 Å². The van der Waals surface area contributed by atoms with Gasteiger partial charge in [-0.3, -0.25) is 4.79 Å². The quantitative estimate of drug-likeness (QED) is 0.710. The van der Waals surface area contributed by atoms with Crippen LogP contribution in [0.4, 0.5) is 0 Å². The summed E-state index contributed by atoms with van der Waals surface area (Å²) in [4.78, 5) is 26.8. The van der Waals surface area contributed by atoms with Gasteiger partial charge in [0.05, 0.1) is 11.5 Å². The van der Waals surface area contributed by atoms with E-state index in [-0.39, 0.29) is 35.3 Å². The molecule has 7 nitrogen and oxygen atoms in total. The minimum Gasteiger partial charge on any atom is -0.450 e. The van der Waals surface area contributed by atoms with E-state index in [9.17, 15) is 18.0 Å². The van der Waals surface area contributed by atoms with Crippen LogP contribution in [-0.2, 0) is 19.4 Å². The van der Waals surface area contributed by atoms with Crippen LogP contribution in [0.2, 0.25) is 0 Å². The lowest BCUT2D eigenvalue weighted by Crippen LogP contribution is -2.48. The van der Waals surface area contributed by atoms with Gasteiger partial charge in [0, 0.05) is 17.5 Å². The molecule has 1 aliphatic carbocycles. The van der Waals surface area contributed by atoms with E-state index in [4.69, 9.17) is 9.15 Å². The molecule has 0 N–H and O–H groups in total. The van der Waals surface area contributed by atoms with E-state index in [1.165, 1.54) is 0 Å². The molecular weight excluding hydrogens is 382 g/mol. The maximum Gasteiger partial charge on any atom is 0.374 e. The van der Waals surface area contributed by atoms with E-state index in [2.05, 4.69) is 0 Å². The molecule has 1 amide bonds. The Morgan fingerprint density at radius 3 is 2.54 bits per heavy atom. The largest absolute Gasteiger partial charge is 0.450 e. The molecule has 1 aromatic heterocycles. The maximum absolute atomic E-state index is 12.9. The minimum absolute atomic E-state index is 0.00718. The molecule has 2 heterocycles. The van der Waals surface area contributed by atoms with Gasteiger partial charge in [-0.15, -0.1) is 0 Å². The van der Waals surface area contributed by atoms with Crippen molar-refractivity contribution in [3.63, 3.8) is 0 Å². The number of nitrogens with zero attached hydrogens (tertiary/aromatic N) is 1. The molecule has 0 spiro atoms. The summed E-state index contributed by atoms with van der Waals surface area (Å²) in [5, 5.41) is 0.782. The highest BCUT2D eigenvalue weighted by atomic mass is 32.2. The zero-order chi connectivity index (χ0) is 19.7. The molecule has 0 radical (unpaired) electrons. The Bertz CT molecular complexity index is 956. The van der Waals surface area contributed by atoms with Crippen molar-refractivity contribution in [2.75, 3.05) is 18.1 Å².